The van der Waals surface area contributed by atoms with Gasteiger partial charge in [0.15, 0.2) is 0 Å². The van der Waals surface area contributed by atoms with E-state index in [9.17, 15) is 0 Å². The number of nitrogens with two attached hydrogens (primary N) is 1. The van der Waals surface area contributed by atoms with Crippen molar-refractivity contribution in [1.29, 1.82) is 0 Å². The molecular weight excluding hydrogens is 218 g/mol. The molecule has 0 aliphatic heterocycles. The van der Waals surface area contributed by atoms with E-state index in [1.54, 1.807) is 7.11 Å². The summed E-state index contributed by atoms with van der Waals surface area (Å²) in [6.07, 6.45) is 0.660. The lowest BCUT2D eigenvalue weighted by Gasteiger charge is -2.29. The summed E-state index contributed by atoms with van der Waals surface area (Å²) >= 11 is 0. The molecule has 0 saturated heterocycles. The van der Waals surface area contributed by atoms with Crippen LogP contribution in [0.25, 0.3) is 0 Å². The fraction of sp³-hybridized carbons (Fsp3) is 0.538. The molecule has 0 aliphatic carbocycles. The fourth-order valence-corrected chi connectivity index (χ4v) is 1.73. The van der Waals surface area contributed by atoms with Gasteiger partial charge in [0.1, 0.15) is 5.75 Å². The second kappa shape index (κ2) is 6.59. The van der Waals surface area contributed by atoms with E-state index in [-0.39, 0.29) is 6.61 Å². The number of rotatable bonds is 7. The predicted octanol–water partition coefficient (Wildman–Crippen LogP) is 0.964. The maximum absolute atomic E-state index is 8.80. The molecule has 0 fully saturated rings. The van der Waals surface area contributed by atoms with Crippen molar-refractivity contribution >= 4 is 0 Å². The molecule has 0 aromatic heterocycles. The number of methoxy groups -OCH3 is 1. The second-order valence-corrected chi connectivity index (χ2v) is 4.21. The molecule has 0 amide bonds. The van der Waals surface area contributed by atoms with Crippen LogP contribution in [0.4, 0.5) is 0 Å². The van der Waals surface area contributed by atoms with E-state index in [0.29, 0.717) is 19.6 Å². The minimum absolute atomic E-state index is 0.00150. The zero-order chi connectivity index (χ0) is 12.7. The summed E-state index contributed by atoms with van der Waals surface area (Å²) in [5.74, 6) is 0.833. The number of para-hydroxylation sites is 1. The molecule has 4 heteroatoms. The Morgan fingerprint density at radius 3 is 2.65 bits per heavy atom. The third-order valence-corrected chi connectivity index (χ3v) is 2.73. The lowest BCUT2D eigenvalue weighted by molar-refractivity contribution is -0.0391. The second-order valence-electron chi connectivity index (χ2n) is 4.21. The maximum atomic E-state index is 8.80. The van der Waals surface area contributed by atoms with Gasteiger partial charge in [0.05, 0.1) is 25.9 Å². The van der Waals surface area contributed by atoms with Crippen LogP contribution in [0.2, 0.25) is 0 Å². The lowest BCUT2D eigenvalue weighted by atomic mass is 9.95. The highest BCUT2D eigenvalue weighted by molar-refractivity contribution is 5.34. The maximum Gasteiger partial charge on any atom is 0.122 e. The normalized spacial score (nSPS) is 14.4. The van der Waals surface area contributed by atoms with Crippen molar-refractivity contribution in [2.24, 2.45) is 5.73 Å². The van der Waals surface area contributed by atoms with Crippen LogP contribution in [-0.4, -0.2) is 37.6 Å². The van der Waals surface area contributed by atoms with Crippen LogP contribution in [0.5, 0.6) is 5.75 Å². The summed E-state index contributed by atoms with van der Waals surface area (Å²) in [6, 6.07) is 7.80. The quantitative estimate of drug-likeness (QED) is 0.744. The number of hydrogen-bond acceptors (Lipinski definition) is 4. The lowest BCUT2D eigenvalue weighted by Crippen LogP contribution is -2.40. The molecular formula is C13H21NO3. The summed E-state index contributed by atoms with van der Waals surface area (Å²) < 4.78 is 10.9. The largest absolute Gasteiger partial charge is 0.496 e. The van der Waals surface area contributed by atoms with Crippen molar-refractivity contribution in [2.75, 3.05) is 26.9 Å². The van der Waals surface area contributed by atoms with Crippen molar-refractivity contribution in [2.45, 2.75) is 18.9 Å². The van der Waals surface area contributed by atoms with E-state index < -0.39 is 5.60 Å². The molecule has 1 rings (SSSR count). The van der Waals surface area contributed by atoms with Crippen molar-refractivity contribution in [3.05, 3.63) is 29.8 Å². The van der Waals surface area contributed by atoms with Crippen LogP contribution in [0.1, 0.15) is 12.5 Å². The van der Waals surface area contributed by atoms with E-state index >= 15 is 0 Å². The zero-order valence-corrected chi connectivity index (χ0v) is 10.5. The van der Waals surface area contributed by atoms with E-state index in [1.807, 2.05) is 31.2 Å². The van der Waals surface area contributed by atoms with Gasteiger partial charge in [0, 0.05) is 13.0 Å². The van der Waals surface area contributed by atoms with Crippen LogP contribution >= 0.6 is 0 Å². The molecule has 4 nitrogen and oxygen atoms in total. The van der Waals surface area contributed by atoms with Crippen molar-refractivity contribution < 1.29 is 14.6 Å². The zero-order valence-electron chi connectivity index (χ0n) is 10.5. The first-order valence-electron chi connectivity index (χ1n) is 5.72. The summed E-state index contributed by atoms with van der Waals surface area (Å²) in [6.45, 7) is 2.63. The minimum Gasteiger partial charge on any atom is -0.496 e. The van der Waals surface area contributed by atoms with Gasteiger partial charge in [-0.05, 0) is 18.6 Å². The highest BCUT2D eigenvalue weighted by atomic mass is 16.5. The van der Waals surface area contributed by atoms with E-state index in [1.165, 1.54) is 0 Å². The molecule has 3 N–H and O–H groups in total. The highest BCUT2D eigenvalue weighted by Gasteiger charge is 2.25. The summed E-state index contributed by atoms with van der Waals surface area (Å²) in [5.41, 5.74) is 6.32. The Morgan fingerprint density at radius 1 is 1.35 bits per heavy atom. The van der Waals surface area contributed by atoms with Gasteiger partial charge in [-0.1, -0.05) is 18.2 Å². The molecule has 1 aromatic carbocycles. The van der Waals surface area contributed by atoms with Crippen LogP contribution in [0.3, 0.4) is 0 Å². The third-order valence-electron chi connectivity index (χ3n) is 2.73. The van der Waals surface area contributed by atoms with E-state index in [4.69, 9.17) is 20.3 Å². The first-order valence-corrected chi connectivity index (χ1v) is 5.72. The Balaban J connectivity index is 2.79. The highest BCUT2D eigenvalue weighted by Crippen LogP contribution is 2.24. The Hall–Kier alpha value is -1.10. The predicted molar refractivity (Wildman–Crippen MR) is 67.2 cm³/mol. The van der Waals surface area contributed by atoms with Gasteiger partial charge in [-0.25, -0.2) is 0 Å². The number of hydrogen-bond donors (Lipinski definition) is 2. The standard InChI is InChI=1S/C13H21NO3/c1-13(10-14,17-8-7-15)9-11-5-3-4-6-12(11)16-2/h3-6,15H,7-10,14H2,1-2H3. The van der Waals surface area contributed by atoms with E-state index in [0.717, 1.165) is 11.3 Å². The van der Waals surface area contributed by atoms with Gasteiger partial charge in [0.2, 0.25) is 0 Å². The average molecular weight is 239 g/mol. The number of aliphatic hydroxyl groups is 1. The molecule has 1 unspecified atom stereocenters. The van der Waals surface area contributed by atoms with Gasteiger partial charge in [0.25, 0.3) is 0 Å². The Morgan fingerprint density at radius 2 is 2.06 bits per heavy atom. The van der Waals surface area contributed by atoms with Crippen molar-refractivity contribution in [1.82, 2.24) is 0 Å². The molecule has 0 aliphatic rings. The minimum atomic E-state index is -0.475. The third kappa shape index (κ3) is 4.00. The van der Waals surface area contributed by atoms with Gasteiger partial charge in [-0.2, -0.15) is 0 Å². The SMILES string of the molecule is COc1ccccc1CC(C)(CN)OCCO. The first kappa shape index (κ1) is 14.0. The summed E-state index contributed by atoms with van der Waals surface area (Å²) in [4.78, 5) is 0. The Labute approximate surface area is 102 Å². The smallest absolute Gasteiger partial charge is 0.122 e. The molecule has 0 bridgehead atoms. The average Bonchev–Trinajstić information content (AvgIpc) is 2.37. The van der Waals surface area contributed by atoms with Crippen LogP contribution in [0.15, 0.2) is 24.3 Å². The molecule has 0 heterocycles. The molecule has 0 saturated carbocycles. The Kier molecular flexibility index (Phi) is 5.41. The van der Waals surface area contributed by atoms with Crippen LogP contribution in [0, 0.1) is 0 Å². The van der Waals surface area contributed by atoms with Gasteiger partial charge < -0.3 is 20.3 Å². The first-order chi connectivity index (χ1) is 8.15. The van der Waals surface area contributed by atoms with Gasteiger partial charge in [-0.3, -0.25) is 0 Å². The fourth-order valence-electron chi connectivity index (χ4n) is 1.73. The van der Waals surface area contributed by atoms with Crippen LogP contribution < -0.4 is 10.5 Å². The molecule has 1 atom stereocenters. The topological polar surface area (TPSA) is 64.7 Å². The molecule has 0 radical (unpaired) electrons. The summed E-state index contributed by atoms with van der Waals surface area (Å²) in [7, 11) is 1.65. The molecule has 1 aromatic rings. The molecule has 17 heavy (non-hydrogen) atoms. The van der Waals surface area contributed by atoms with E-state index in [2.05, 4.69) is 0 Å². The van der Waals surface area contributed by atoms with Crippen molar-refractivity contribution in [3.8, 4) is 5.75 Å². The van der Waals surface area contributed by atoms with Crippen molar-refractivity contribution in [3.63, 3.8) is 0 Å². The van der Waals surface area contributed by atoms with Gasteiger partial charge in [-0.15, -0.1) is 0 Å². The van der Waals surface area contributed by atoms with Crippen LogP contribution in [-0.2, 0) is 11.2 Å². The monoisotopic (exact) mass is 239 g/mol. The molecule has 0 spiro atoms. The summed E-state index contributed by atoms with van der Waals surface area (Å²) in [5, 5.41) is 8.80. The Bertz CT molecular complexity index is 343. The number of aliphatic hydroxyl groups excluding tert-OH is 1. The number of ether oxygens (including phenoxy) is 2. The van der Waals surface area contributed by atoms with Gasteiger partial charge >= 0.3 is 0 Å². The molecule has 96 valence electrons. The number of benzene rings is 1.